The molecule has 21 heteroatoms. The number of carboxylic acid groups (broad SMARTS) is 1. The molecule has 0 radical (unpaired) electrons. The Hall–Kier alpha value is -4.63. The highest BCUT2D eigenvalue weighted by atomic mass is 32.2. The van der Waals surface area contributed by atoms with E-state index in [1.54, 1.807) is 0 Å². The van der Waals surface area contributed by atoms with Gasteiger partial charge < -0.3 is 31.3 Å². The number of β-lactam (4-membered cyclic amide) rings is 1. The summed E-state index contributed by atoms with van der Waals surface area (Å²) in [7, 11) is 1.25. The fourth-order valence-corrected chi connectivity index (χ4v) is 6.98. The molecule has 3 aromatic heterocycles. The van der Waals surface area contributed by atoms with Gasteiger partial charge >= 0.3 is 5.97 Å². The van der Waals surface area contributed by atoms with E-state index in [0.717, 1.165) is 40.3 Å². The van der Waals surface area contributed by atoms with E-state index < -0.39 is 40.4 Å². The number of hydrogen-bond donors (Lipinski definition) is 5. The first kappa shape index (κ1) is 28.9. The van der Waals surface area contributed by atoms with Crippen LogP contribution in [0.15, 0.2) is 44.0 Å². The number of anilines is 1. The number of thiazole rings is 1. The van der Waals surface area contributed by atoms with Gasteiger partial charge in [0.2, 0.25) is 10.6 Å². The molecule has 1 fully saturated rings. The molecule has 2 atom stereocenters. The predicted octanol–water partition coefficient (Wildman–Crippen LogP) is -1.25. The van der Waals surface area contributed by atoms with Crippen LogP contribution in [0.3, 0.4) is 0 Å². The summed E-state index contributed by atoms with van der Waals surface area (Å²) < 4.78 is 1.84. The number of nitrogens with two attached hydrogens (primary N) is 1. The number of nitrogens with one attached hydrogen (secondary N) is 1. The van der Waals surface area contributed by atoms with Crippen LogP contribution in [0.2, 0.25) is 0 Å². The van der Waals surface area contributed by atoms with Gasteiger partial charge in [0.05, 0.1) is 18.4 Å². The van der Waals surface area contributed by atoms with Crippen molar-refractivity contribution < 1.29 is 34.6 Å². The van der Waals surface area contributed by atoms with E-state index in [1.165, 1.54) is 28.9 Å². The van der Waals surface area contributed by atoms with Crippen LogP contribution in [-0.4, -0.2) is 104 Å². The second kappa shape index (κ2) is 11.7. The molecule has 220 valence electrons. The number of pyridine rings is 1. The minimum atomic E-state index is -1.32. The Kier molecular flexibility index (Phi) is 8.04. The number of hydrogen-bond acceptors (Lipinski definition) is 16. The molecule has 2 aliphatic heterocycles. The van der Waals surface area contributed by atoms with Gasteiger partial charge in [-0.2, -0.15) is 4.73 Å². The Bertz CT molecular complexity index is 1700. The minimum absolute atomic E-state index is 0.0877. The monoisotopic (exact) mass is 636 g/mol. The SMILES string of the molecule is CO/N=C(\C(=O)N[C@@H]1C(=O)N2C(C(=O)O)=C(CSc3nnnn3Cc3cc(=O)c(O)cn3O)CS[C@@H]12)c1csc(N)n1. The molecule has 0 spiro atoms. The molecule has 0 aromatic carbocycles. The summed E-state index contributed by atoms with van der Waals surface area (Å²) in [6.45, 7) is -0.128. The number of aromatic nitrogens is 6. The normalized spacial score (nSPS) is 18.5. The maximum atomic E-state index is 13.1. The second-order valence-corrected chi connectivity index (χ2v) is 11.5. The van der Waals surface area contributed by atoms with Gasteiger partial charge in [-0.05, 0) is 16.0 Å². The molecular formula is C21H20N10O8S3. The first-order valence-corrected chi connectivity index (χ1v) is 14.6. The summed E-state index contributed by atoms with van der Waals surface area (Å²) in [5.41, 5.74) is 5.22. The average Bonchev–Trinajstić information content (AvgIpc) is 3.59. The zero-order valence-corrected chi connectivity index (χ0v) is 23.7. The van der Waals surface area contributed by atoms with Gasteiger partial charge in [0.1, 0.15) is 29.9 Å². The van der Waals surface area contributed by atoms with Crippen molar-refractivity contribution in [3.8, 4) is 5.75 Å². The van der Waals surface area contributed by atoms with Crippen LogP contribution in [0, 0.1) is 0 Å². The van der Waals surface area contributed by atoms with Crippen LogP contribution in [0.5, 0.6) is 5.75 Å². The number of nitrogen functional groups attached to an aromatic ring is 1. The van der Waals surface area contributed by atoms with E-state index in [4.69, 9.17) is 10.6 Å². The van der Waals surface area contributed by atoms with Crippen molar-refractivity contribution in [1.29, 1.82) is 0 Å². The number of thioether (sulfide) groups is 2. The number of oxime groups is 1. The van der Waals surface area contributed by atoms with Crippen molar-refractivity contribution >= 4 is 63.5 Å². The predicted molar refractivity (Wildman–Crippen MR) is 147 cm³/mol. The molecule has 5 rings (SSSR count). The highest BCUT2D eigenvalue weighted by molar-refractivity contribution is 8.01. The van der Waals surface area contributed by atoms with Crippen LogP contribution in [-0.2, 0) is 25.8 Å². The van der Waals surface area contributed by atoms with Gasteiger partial charge in [-0.1, -0.05) is 16.9 Å². The fourth-order valence-electron chi connectivity index (χ4n) is 4.07. The van der Waals surface area contributed by atoms with E-state index in [2.05, 4.69) is 31.0 Å². The number of fused-ring (bicyclic) bond motifs is 1. The van der Waals surface area contributed by atoms with Gasteiger partial charge in [-0.3, -0.25) is 19.3 Å². The van der Waals surface area contributed by atoms with Crippen LogP contribution in [0.25, 0.3) is 0 Å². The van der Waals surface area contributed by atoms with Gasteiger partial charge in [0.15, 0.2) is 16.6 Å². The smallest absolute Gasteiger partial charge is 0.352 e. The van der Waals surface area contributed by atoms with Crippen LogP contribution in [0.1, 0.15) is 11.4 Å². The molecule has 2 amide bonds. The number of carbonyl (C=O) groups is 3. The summed E-state index contributed by atoms with van der Waals surface area (Å²) in [5.74, 6) is -2.98. The number of nitrogens with zero attached hydrogens (tertiary/aromatic N) is 8. The molecule has 0 unspecified atom stereocenters. The average molecular weight is 637 g/mol. The third kappa shape index (κ3) is 5.47. The number of amides is 2. The lowest BCUT2D eigenvalue weighted by atomic mass is 10.0. The second-order valence-electron chi connectivity index (χ2n) is 8.58. The summed E-state index contributed by atoms with van der Waals surface area (Å²) in [5, 5.41) is 48.3. The van der Waals surface area contributed by atoms with Gasteiger partial charge in [-0.25, -0.2) is 14.5 Å². The van der Waals surface area contributed by atoms with Crippen molar-refractivity contribution in [3.63, 3.8) is 0 Å². The Morgan fingerprint density at radius 2 is 2.14 bits per heavy atom. The topological polar surface area (TPSA) is 253 Å². The molecule has 0 saturated carbocycles. The molecule has 1 saturated heterocycles. The number of carbonyl (C=O) groups excluding carboxylic acids is 2. The van der Waals surface area contributed by atoms with E-state index in [1.807, 2.05) is 0 Å². The lowest BCUT2D eigenvalue weighted by Gasteiger charge is -2.49. The highest BCUT2D eigenvalue weighted by Gasteiger charge is 2.54. The van der Waals surface area contributed by atoms with Crippen LogP contribution in [0.4, 0.5) is 5.13 Å². The summed E-state index contributed by atoms with van der Waals surface area (Å²) in [6.07, 6.45) is 0.842. The third-order valence-corrected chi connectivity index (χ3v) is 9.03. The van der Waals surface area contributed by atoms with Gasteiger partial charge in [0, 0.05) is 23.0 Å². The maximum Gasteiger partial charge on any atom is 0.352 e. The molecular weight excluding hydrogens is 616 g/mol. The van der Waals surface area contributed by atoms with Crippen molar-refractivity contribution in [2.75, 3.05) is 24.3 Å². The Labute approximate surface area is 246 Å². The zero-order valence-electron chi connectivity index (χ0n) is 21.3. The zero-order chi connectivity index (χ0) is 30.1. The highest BCUT2D eigenvalue weighted by Crippen LogP contribution is 2.41. The van der Waals surface area contributed by atoms with Crippen molar-refractivity contribution in [2.24, 2.45) is 5.16 Å². The Balaban J connectivity index is 1.29. The fraction of sp³-hybridized carbons (Fsp3) is 0.286. The Morgan fingerprint density at radius 3 is 2.83 bits per heavy atom. The lowest BCUT2D eigenvalue weighted by molar-refractivity contribution is -0.150. The van der Waals surface area contributed by atoms with E-state index in [0.29, 0.717) is 10.3 Å². The summed E-state index contributed by atoms with van der Waals surface area (Å²) in [6, 6.07) is 0.00741. The first-order chi connectivity index (χ1) is 20.1. The largest absolute Gasteiger partial charge is 0.503 e. The van der Waals surface area contributed by atoms with E-state index in [9.17, 15) is 34.6 Å². The number of tetrazole rings is 1. The van der Waals surface area contributed by atoms with Gasteiger partial charge in [-0.15, -0.1) is 28.2 Å². The van der Waals surface area contributed by atoms with Crippen molar-refractivity contribution in [3.05, 3.63) is 50.5 Å². The molecule has 42 heavy (non-hydrogen) atoms. The number of aromatic hydroxyl groups is 1. The van der Waals surface area contributed by atoms with Crippen molar-refractivity contribution in [1.82, 2.24) is 40.1 Å². The van der Waals surface area contributed by atoms with Crippen molar-refractivity contribution in [2.45, 2.75) is 23.1 Å². The molecule has 2 aliphatic rings. The molecule has 3 aromatic rings. The summed E-state index contributed by atoms with van der Waals surface area (Å²) >= 11 is 3.44. The first-order valence-electron chi connectivity index (χ1n) is 11.6. The minimum Gasteiger partial charge on any atom is -0.503 e. The number of aliphatic carboxylic acids is 1. The molecule has 0 bridgehead atoms. The number of carboxylic acids is 1. The van der Waals surface area contributed by atoms with Gasteiger partial charge in [0.25, 0.3) is 11.8 Å². The lowest BCUT2D eigenvalue weighted by Crippen LogP contribution is -2.71. The third-order valence-electron chi connectivity index (χ3n) is 5.97. The van der Waals surface area contributed by atoms with Crippen LogP contribution < -0.4 is 16.5 Å². The standard InChI is InChI=1S/C21H20N10O8S3/c1-39-26-13(10-7-41-20(22)23-10)16(34)24-14-17(35)31-15(19(36)37)8(5-40-18(14)31)6-42-21-25-27-28-29(21)3-9-2-11(32)12(33)4-30(9)38/h2,4,7,14,18,33,38H,3,5-6H2,1H3,(H2,22,23)(H,24,34)(H,36,37)/b26-13-/t14-,18+/m1/s1. The Morgan fingerprint density at radius 1 is 1.36 bits per heavy atom. The maximum absolute atomic E-state index is 13.1. The van der Waals surface area contributed by atoms with E-state index in [-0.39, 0.29) is 51.1 Å². The molecule has 0 aliphatic carbocycles. The van der Waals surface area contributed by atoms with E-state index >= 15 is 0 Å². The summed E-state index contributed by atoms with van der Waals surface area (Å²) in [4.78, 5) is 59.9. The quantitative estimate of drug-likeness (QED) is 0.0573. The number of rotatable bonds is 10. The molecule has 6 N–H and O–H groups in total. The molecule has 5 heterocycles. The molecule has 18 nitrogen and oxygen atoms in total. The van der Waals surface area contributed by atoms with Crippen LogP contribution >= 0.6 is 34.9 Å².